The van der Waals surface area contributed by atoms with Crippen LogP contribution >= 0.6 is 0 Å². The Morgan fingerprint density at radius 3 is 2.75 bits per heavy atom. The van der Waals surface area contributed by atoms with E-state index in [0.717, 1.165) is 24.0 Å². The van der Waals surface area contributed by atoms with Crippen LogP contribution in [0.1, 0.15) is 24.0 Å². The molecule has 2 aliphatic rings. The second kappa shape index (κ2) is 3.08. The quantitative estimate of drug-likeness (QED) is 0.839. The molecule has 4 heteroatoms. The van der Waals surface area contributed by atoms with E-state index in [1.807, 2.05) is 12.1 Å². The maximum atomic E-state index is 11.7. The van der Waals surface area contributed by atoms with E-state index in [0.29, 0.717) is 17.7 Å². The Morgan fingerprint density at radius 1 is 1.31 bits per heavy atom. The summed E-state index contributed by atoms with van der Waals surface area (Å²) >= 11 is 0. The Labute approximate surface area is 95.0 Å². The first-order chi connectivity index (χ1) is 7.49. The topological polar surface area (TPSA) is 54.4 Å². The van der Waals surface area contributed by atoms with E-state index in [-0.39, 0.29) is 5.75 Å². The monoisotopic (exact) mass is 238 g/mol. The lowest BCUT2D eigenvalue weighted by molar-refractivity contribution is 0.151. The minimum Gasteiger partial charge on any atom is -0.390 e. The smallest absolute Gasteiger partial charge is 0.178 e. The second-order valence-corrected chi connectivity index (χ2v) is 6.99. The van der Waals surface area contributed by atoms with Crippen LogP contribution < -0.4 is 0 Å². The van der Waals surface area contributed by atoms with Crippen molar-refractivity contribution in [2.75, 3.05) is 5.75 Å². The molecule has 1 N–H and O–H groups in total. The van der Waals surface area contributed by atoms with Gasteiger partial charge in [-0.15, -0.1) is 0 Å². The normalized spacial score (nSPS) is 24.1. The number of fused-ring (bicyclic) bond motifs is 1. The Hall–Kier alpha value is -0.870. The minimum atomic E-state index is -3.04. The zero-order chi connectivity index (χ0) is 11.4. The van der Waals surface area contributed by atoms with Crippen LogP contribution in [0.2, 0.25) is 0 Å². The van der Waals surface area contributed by atoms with E-state index in [1.165, 1.54) is 0 Å². The van der Waals surface area contributed by atoms with Crippen molar-refractivity contribution in [3.05, 3.63) is 29.3 Å². The third kappa shape index (κ3) is 1.66. The van der Waals surface area contributed by atoms with E-state index in [4.69, 9.17) is 0 Å². The molecule has 0 radical (unpaired) electrons. The number of rotatable bonds is 2. The summed E-state index contributed by atoms with van der Waals surface area (Å²) in [6.07, 6.45) is 2.87. The lowest BCUT2D eigenvalue weighted by atomic mass is 10.0. The SMILES string of the molecule is O=S1(=O)CCc2ccc(CC3(O)CC3)cc21. The summed E-state index contributed by atoms with van der Waals surface area (Å²) in [5.74, 6) is 0.232. The number of hydrogen-bond acceptors (Lipinski definition) is 3. The Bertz CT molecular complexity index is 541. The predicted octanol–water partition coefficient (Wildman–Crippen LogP) is 1.08. The number of hydrogen-bond donors (Lipinski definition) is 1. The molecule has 1 aliphatic heterocycles. The molecule has 0 unspecified atom stereocenters. The van der Waals surface area contributed by atoms with Crippen molar-refractivity contribution in [2.24, 2.45) is 0 Å². The first-order valence-electron chi connectivity index (χ1n) is 5.56. The Balaban J connectivity index is 1.99. The molecule has 0 aromatic heterocycles. The second-order valence-electron chi connectivity index (χ2n) is 4.91. The van der Waals surface area contributed by atoms with Crippen molar-refractivity contribution < 1.29 is 13.5 Å². The van der Waals surface area contributed by atoms with Gasteiger partial charge in [-0.25, -0.2) is 8.42 Å². The molecule has 0 amide bonds. The van der Waals surface area contributed by atoms with E-state index in [2.05, 4.69) is 0 Å². The molecular formula is C12H14O3S. The van der Waals surface area contributed by atoms with Gasteiger partial charge in [0.15, 0.2) is 9.84 Å². The summed E-state index contributed by atoms with van der Waals surface area (Å²) in [6.45, 7) is 0. The van der Waals surface area contributed by atoms with Gasteiger partial charge in [0.1, 0.15) is 0 Å². The molecule has 1 fully saturated rings. The van der Waals surface area contributed by atoms with E-state index in [9.17, 15) is 13.5 Å². The van der Waals surface area contributed by atoms with Crippen molar-refractivity contribution in [1.82, 2.24) is 0 Å². The third-order valence-electron chi connectivity index (χ3n) is 3.47. The van der Waals surface area contributed by atoms with Gasteiger partial charge in [0.05, 0.1) is 16.2 Å². The van der Waals surface area contributed by atoms with Gasteiger partial charge in [-0.3, -0.25) is 0 Å². The summed E-state index contributed by atoms with van der Waals surface area (Å²) in [7, 11) is -3.04. The molecule has 0 spiro atoms. The lowest BCUT2D eigenvalue weighted by Crippen LogP contribution is -2.11. The van der Waals surface area contributed by atoms with E-state index in [1.54, 1.807) is 6.07 Å². The third-order valence-corrected chi connectivity index (χ3v) is 5.26. The van der Waals surface area contributed by atoms with Gasteiger partial charge in [0, 0.05) is 6.42 Å². The highest BCUT2D eigenvalue weighted by Crippen LogP contribution is 2.39. The van der Waals surface area contributed by atoms with Crippen LogP contribution in [-0.2, 0) is 22.7 Å². The highest BCUT2D eigenvalue weighted by Gasteiger charge is 2.40. The molecule has 16 heavy (non-hydrogen) atoms. The standard InChI is InChI=1S/C12H14O3S/c13-12(4-5-12)8-9-1-2-10-3-6-16(14,15)11(10)7-9/h1-2,7,13H,3-6,8H2. The highest BCUT2D eigenvalue weighted by atomic mass is 32.2. The van der Waals surface area contributed by atoms with Crippen molar-refractivity contribution >= 4 is 9.84 Å². The fourth-order valence-corrected chi connectivity index (χ4v) is 3.87. The summed E-state index contributed by atoms with van der Waals surface area (Å²) in [4.78, 5) is 0.481. The van der Waals surface area contributed by atoms with Crippen molar-refractivity contribution in [3.63, 3.8) is 0 Å². The fourth-order valence-electron chi connectivity index (χ4n) is 2.26. The summed E-state index contributed by atoms with van der Waals surface area (Å²) in [5, 5.41) is 9.81. The first-order valence-corrected chi connectivity index (χ1v) is 7.21. The van der Waals surface area contributed by atoms with Gasteiger partial charge >= 0.3 is 0 Å². The van der Waals surface area contributed by atoms with Gasteiger partial charge in [0.2, 0.25) is 0 Å². The molecule has 86 valence electrons. The zero-order valence-corrected chi connectivity index (χ0v) is 9.76. The number of benzene rings is 1. The summed E-state index contributed by atoms with van der Waals surface area (Å²) in [5.41, 5.74) is 1.30. The van der Waals surface area contributed by atoms with Crippen LogP contribution in [-0.4, -0.2) is 24.9 Å². The van der Waals surface area contributed by atoms with Crippen molar-refractivity contribution in [1.29, 1.82) is 0 Å². The van der Waals surface area contributed by atoms with Crippen LogP contribution in [0.25, 0.3) is 0 Å². The van der Waals surface area contributed by atoms with Crippen molar-refractivity contribution in [3.8, 4) is 0 Å². The van der Waals surface area contributed by atoms with Gasteiger partial charge in [-0.1, -0.05) is 12.1 Å². The molecule has 1 aliphatic carbocycles. The molecule has 1 aromatic carbocycles. The fraction of sp³-hybridized carbons (Fsp3) is 0.500. The van der Waals surface area contributed by atoms with Crippen LogP contribution in [0.5, 0.6) is 0 Å². The Morgan fingerprint density at radius 2 is 2.06 bits per heavy atom. The summed E-state index contributed by atoms with van der Waals surface area (Å²) in [6, 6.07) is 5.57. The minimum absolute atomic E-state index is 0.232. The maximum Gasteiger partial charge on any atom is 0.178 e. The van der Waals surface area contributed by atoms with Gasteiger partial charge in [0.25, 0.3) is 0 Å². The van der Waals surface area contributed by atoms with Gasteiger partial charge < -0.3 is 5.11 Å². The summed E-state index contributed by atoms with van der Waals surface area (Å²) < 4.78 is 23.4. The first kappa shape index (κ1) is 10.3. The van der Waals surface area contributed by atoms with Gasteiger partial charge in [-0.05, 0) is 36.5 Å². The molecule has 3 nitrogen and oxygen atoms in total. The molecular weight excluding hydrogens is 224 g/mol. The molecule has 1 saturated carbocycles. The van der Waals surface area contributed by atoms with Crippen LogP contribution in [0, 0.1) is 0 Å². The average Bonchev–Trinajstić information content (AvgIpc) is 2.86. The molecule has 1 heterocycles. The average molecular weight is 238 g/mol. The van der Waals surface area contributed by atoms with Gasteiger partial charge in [-0.2, -0.15) is 0 Å². The molecule has 0 saturated heterocycles. The van der Waals surface area contributed by atoms with Crippen LogP contribution in [0.15, 0.2) is 23.1 Å². The Kier molecular flexibility index (Phi) is 1.98. The largest absolute Gasteiger partial charge is 0.390 e. The highest BCUT2D eigenvalue weighted by molar-refractivity contribution is 7.91. The molecule has 1 aromatic rings. The molecule has 0 bridgehead atoms. The van der Waals surface area contributed by atoms with E-state index < -0.39 is 15.4 Å². The molecule has 3 rings (SSSR count). The predicted molar refractivity (Wildman–Crippen MR) is 60.1 cm³/mol. The number of sulfone groups is 1. The number of aryl methyl sites for hydroxylation is 1. The molecule has 0 atom stereocenters. The lowest BCUT2D eigenvalue weighted by Gasteiger charge is -2.08. The van der Waals surface area contributed by atoms with E-state index >= 15 is 0 Å². The maximum absolute atomic E-state index is 11.7. The van der Waals surface area contributed by atoms with Crippen molar-refractivity contribution in [2.45, 2.75) is 36.2 Å². The van der Waals surface area contributed by atoms with Crippen LogP contribution in [0.4, 0.5) is 0 Å². The van der Waals surface area contributed by atoms with Crippen LogP contribution in [0.3, 0.4) is 0 Å². The number of aliphatic hydroxyl groups is 1. The zero-order valence-electron chi connectivity index (χ0n) is 8.94.